The van der Waals surface area contributed by atoms with Crippen LogP contribution in [0, 0.1) is 5.92 Å². The molecule has 0 aromatic heterocycles. The van der Waals surface area contributed by atoms with Crippen LogP contribution in [0.5, 0.6) is 0 Å². The largest absolute Gasteiger partial charge is 0.302 e. The highest BCUT2D eigenvalue weighted by molar-refractivity contribution is 7.91. The quantitative estimate of drug-likeness (QED) is 0.754. The Bertz CT molecular complexity index is 377. The van der Waals surface area contributed by atoms with E-state index in [9.17, 15) is 13.2 Å². The van der Waals surface area contributed by atoms with Gasteiger partial charge in [-0.25, -0.2) is 8.42 Å². The van der Waals surface area contributed by atoms with E-state index in [0.717, 1.165) is 45.2 Å². The Hall–Kier alpha value is -0.420. The second-order valence-corrected chi connectivity index (χ2v) is 7.49. The van der Waals surface area contributed by atoms with E-state index in [4.69, 9.17) is 0 Å². The molecule has 1 atom stereocenters. The molecule has 0 N–H and O–H groups in total. The minimum atomic E-state index is -2.81. The third kappa shape index (κ3) is 3.78. The van der Waals surface area contributed by atoms with Gasteiger partial charge in [0.05, 0.1) is 11.5 Å². The SMILES string of the molecule is O=C1CCCC1CCN1CCCS(=O)(=O)CC1. The summed E-state index contributed by atoms with van der Waals surface area (Å²) in [7, 11) is -2.81. The molecule has 98 valence electrons. The lowest BCUT2D eigenvalue weighted by molar-refractivity contribution is -0.120. The Kier molecular flexibility index (Phi) is 4.20. The zero-order valence-corrected chi connectivity index (χ0v) is 11.0. The van der Waals surface area contributed by atoms with Crippen LogP contribution in [0.25, 0.3) is 0 Å². The molecule has 1 unspecified atom stereocenters. The number of Topliss-reactive ketones (excluding diaryl/α,β-unsaturated/α-hetero) is 1. The van der Waals surface area contributed by atoms with E-state index >= 15 is 0 Å². The van der Waals surface area contributed by atoms with E-state index in [1.807, 2.05) is 0 Å². The molecule has 2 aliphatic rings. The average Bonchev–Trinajstić information content (AvgIpc) is 2.58. The number of sulfone groups is 1. The van der Waals surface area contributed by atoms with Crippen molar-refractivity contribution in [3.8, 4) is 0 Å². The van der Waals surface area contributed by atoms with Gasteiger partial charge in [-0.3, -0.25) is 4.79 Å². The molecule has 1 saturated carbocycles. The number of nitrogens with zero attached hydrogens (tertiary/aromatic N) is 1. The van der Waals surface area contributed by atoms with Gasteiger partial charge in [-0.15, -0.1) is 0 Å². The van der Waals surface area contributed by atoms with Crippen LogP contribution in [0.15, 0.2) is 0 Å². The van der Waals surface area contributed by atoms with Crippen LogP contribution < -0.4 is 0 Å². The summed E-state index contributed by atoms with van der Waals surface area (Å²) in [6.45, 7) is 2.38. The molecule has 0 bridgehead atoms. The minimum absolute atomic E-state index is 0.245. The second kappa shape index (κ2) is 5.48. The maximum absolute atomic E-state index is 11.5. The summed E-state index contributed by atoms with van der Waals surface area (Å²) in [6.07, 6.45) is 4.47. The Morgan fingerprint density at radius 1 is 1.18 bits per heavy atom. The Balaban J connectivity index is 1.77. The molecular formula is C12H21NO3S. The maximum atomic E-state index is 11.5. The Labute approximate surface area is 103 Å². The number of rotatable bonds is 3. The lowest BCUT2D eigenvalue weighted by Gasteiger charge is -2.20. The van der Waals surface area contributed by atoms with Crippen molar-refractivity contribution in [2.75, 3.05) is 31.1 Å². The van der Waals surface area contributed by atoms with Crippen molar-refractivity contribution in [3.63, 3.8) is 0 Å². The maximum Gasteiger partial charge on any atom is 0.151 e. The summed E-state index contributed by atoms with van der Waals surface area (Å²) < 4.78 is 22.9. The van der Waals surface area contributed by atoms with Crippen molar-refractivity contribution in [1.82, 2.24) is 4.90 Å². The minimum Gasteiger partial charge on any atom is -0.302 e. The molecular weight excluding hydrogens is 238 g/mol. The van der Waals surface area contributed by atoms with Crippen LogP contribution >= 0.6 is 0 Å². The van der Waals surface area contributed by atoms with Gasteiger partial charge in [0.1, 0.15) is 5.78 Å². The van der Waals surface area contributed by atoms with Crippen LogP contribution in [-0.4, -0.2) is 50.2 Å². The fraction of sp³-hybridized carbons (Fsp3) is 0.917. The van der Waals surface area contributed by atoms with Crippen molar-refractivity contribution >= 4 is 15.6 Å². The van der Waals surface area contributed by atoms with Gasteiger partial charge in [0, 0.05) is 18.9 Å². The van der Waals surface area contributed by atoms with Gasteiger partial charge in [0.15, 0.2) is 9.84 Å². The number of hydrogen-bond donors (Lipinski definition) is 0. The molecule has 0 amide bonds. The molecule has 0 aromatic carbocycles. The summed E-state index contributed by atoms with van der Waals surface area (Å²) in [6, 6.07) is 0. The Morgan fingerprint density at radius 3 is 2.71 bits per heavy atom. The van der Waals surface area contributed by atoms with E-state index in [-0.39, 0.29) is 11.7 Å². The van der Waals surface area contributed by atoms with Crippen LogP contribution in [0.2, 0.25) is 0 Å². The Morgan fingerprint density at radius 2 is 2.00 bits per heavy atom. The number of ketones is 1. The fourth-order valence-corrected chi connectivity index (χ4v) is 4.05. The highest BCUT2D eigenvalue weighted by Crippen LogP contribution is 2.24. The van der Waals surface area contributed by atoms with Crippen LogP contribution in [0.3, 0.4) is 0 Å². The first kappa shape index (κ1) is 13.0. The predicted molar refractivity (Wildman–Crippen MR) is 66.7 cm³/mol. The summed E-state index contributed by atoms with van der Waals surface area (Å²) >= 11 is 0. The molecule has 0 aromatic rings. The van der Waals surface area contributed by atoms with E-state index in [1.54, 1.807) is 0 Å². The lowest BCUT2D eigenvalue weighted by atomic mass is 10.0. The summed E-state index contributed by atoms with van der Waals surface area (Å²) in [4.78, 5) is 13.7. The first-order valence-electron chi connectivity index (χ1n) is 6.52. The van der Waals surface area contributed by atoms with Crippen LogP contribution in [0.1, 0.15) is 32.1 Å². The topological polar surface area (TPSA) is 54.5 Å². The monoisotopic (exact) mass is 259 g/mol. The number of carbonyl (C=O) groups is 1. The molecule has 17 heavy (non-hydrogen) atoms. The number of hydrogen-bond acceptors (Lipinski definition) is 4. The van der Waals surface area contributed by atoms with Gasteiger partial charge in [-0.1, -0.05) is 0 Å². The van der Waals surface area contributed by atoms with Gasteiger partial charge >= 0.3 is 0 Å². The molecule has 2 rings (SSSR count). The normalized spacial score (nSPS) is 30.4. The van der Waals surface area contributed by atoms with Crippen LogP contribution in [0.4, 0.5) is 0 Å². The molecule has 0 radical (unpaired) electrons. The molecule has 1 aliphatic heterocycles. The van der Waals surface area contributed by atoms with Crippen molar-refractivity contribution in [2.24, 2.45) is 5.92 Å². The van der Waals surface area contributed by atoms with Crippen molar-refractivity contribution < 1.29 is 13.2 Å². The second-order valence-electron chi connectivity index (χ2n) is 5.19. The third-order valence-corrected chi connectivity index (χ3v) is 5.59. The van der Waals surface area contributed by atoms with E-state index in [1.165, 1.54) is 0 Å². The van der Waals surface area contributed by atoms with Gasteiger partial charge in [-0.2, -0.15) is 0 Å². The van der Waals surface area contributed by atoms with Crippen molar-refractivity contribution in [2.45, 2.75) is 32.1 Å². The molecule has 1 saturated heterocycles. The smallest absolute Gasteiger partial charge is 0.151 e. The average molecular weight is 259 g/mol. The molecule has 4 nitrogen and oxygen atoms in total. The zero-order chi connectivity index (χ0) is 12.3. The number of carbonyl (C=O) groups excluding carboxylic acids is 1. The van der Waals surface area contributed by atoms with E-state index in [0.29, 0.717) is 18.1 Å². The predicted octanol–water partition coefficient (Wildman–Crippen LogP) is 0.866. The molecule has 1 heterocycles. The van der Waals surface area contributed by atoms with Crippen molar-refractivity contribution in [3.05, 3.63) is 0 Å². The standard InChI is InChI=1S/C12H21NO3S/c14-12-4-1-3-11(12)5-7-13-6-2-9-17(15,16)10-8-13/h11H,1-10H2. The highest BCUT2D eigenvalue weighted by Gasteiger charge is 2.25. The van der Waals surface area contributed by atoms with Crippen molar-refractivity contribution in [1.29, 1.82) is 0 Å². The van der Waals surface area contributed by atoms with Gasteiger partial charge < -0.3 is 4.90 Å². The highest BCUT2D eigenvalue weighted by atomic mass is 32.2. The third-order valence-electron chi connectivity index (χ3n) is 3.87. The van der Waals surface area contributed by atoms with E-state index < -0.39 is 9.84 Å². The lowest BCUT2D eigenvalue weighted by Crippen LogP contribution is -2.29. The van der Waals surface area contributed by atoms with Gasteiger partial charge in [0.2, 0.25) is 0 Å². The zero-order valence-electron chi connectivity index (χ0n) is 10.2. The first-order chi connectivity index (χ1) is 8.07. The molecule has 1 aliphatic carbocycles. The van der Waals surface area contributed by atoms with Crippen LogP contribution in [-0.2, 0) is 14.6 Å². The fourth-order valence-electron chi connectivity index (χ4n) is 2.75. The van der Waals surface area contributed by atoms with E-state index in [2.05, 4.69) is 4.90 Å². The summed E-state index contributed by atoms with van der Waals surface area (Å²) in [5.74, 6) is 1.26. The first-order valence-corrected chi connectivity index (χ1v) is 8.34. The molecule has 5 heteroatoms. The summed E-state index contributed by atoms with van der Waals surface area (Å²) in [5, 5.41) is 0. The van der Waals surface area contributed by atoms with Gasteiger partial charge in [-0.05, 0) is 38.8 Å². The van der Waals surface area contributed by atoms with Gasteiger partial charge in [0.25, 0.3) is 0 Å². The molecule has 0 spiro atoms. The molecule has 2 fully saturated rings. The summed E-state index contributed by atoms with van der Waals surface area (Å²) in [5.41, 5.74) is 0.